The Morgan fingerprint density at radius 2 is 1.81 bits per heavy atom. The molecule has 0 saturated heterocycles. The number of halogens is 3. The minimum atomic E-state index is -4.77. The fourth-order valence-corrected chi connectivity index (χ4v) is 3.69. The maximum atomic E-state index is 12.4. The average molecular weight is 515 g/mol. The fourth-order valence-electron chi connectivity index (χ4n) is 3.69. The number of nitrogens with zero attached hydrogens (tertiary/aromatic N) is 4. The molecular formula is C26H25F3N4O4. The minimum absolute atomic E-state index is 0.171. The lowest BCUT2D eigenvalue weighted by Gasteiger charge is -2.23. The van der Waals surface area contributed by atoms with Crippen molar-refractivity contribution in [3.8, 4) is 28.7 Å². The van der Waals surface area contributed by atoms with E-state index >= 15 is 0 Å². The number of hydrogen-bond acceptors (Lipinski definition) is 7. The summed E-state index contributed by atoms with van der Waals surface area (Å²) in [4.78, 5) is 16.7. The summed E-state index contributed by atoms with van der Waals surface area (Å²) in [6.07, 6.45) is -4.77. The van der Waals surface area contributed by atoms with Crippen molar-refractivity contribution >= 4 is 5.97 Å². The molecule has 0 aliphatic rings. The van der Waals surface area contributed by atoms with E-state index in [2.05, 4.69) is 20.0 Å². The van der Waals surface area contributed by atoms with E-state index in [4.69, 9.17) is 9.26 Å². The van der Waals surface area contributed by atoms with Gasteiger partial charge in [0.15, 0.2) is 5.69 Å². The molecule has 0 aliphatic heterocycles. The maximum absolute atomic E-state index is 12.4. The van der Waals surface area contributed by atoms with Gasteiger partial charge in [-0.1, -0.05) is 29.4 Å². The van der Waals surface area contributed by atoms with Crippen molar-refractivity contribution < 1.29 is 32.0 Å². The third kappa shape index (κ3) is 5.99. The van der Waals surface area contributed by atoms with Crippen LogP contribution in [0.25, 0.3) is 23.0 Å². The molecule has 0 amide bonds. The molecule has 2 aromatic carbocycles. The van der Waals surface area contributed by atoms with Gasteiger partial charge < -0.3 is 14.0 Å². The van der Waals surface area contributed by atoms with E-state index in [0.717, 1.165) is 16.8 Å². The molecule has 0 fully saturated rings. The first-order valence-electron chi connectivity index (χ1n) is 11.5. The number of carbonyl (C=O) groups excluding carboxylic acids is 1. The van der Waals surface area contributed by atoms with Gasteiger partial charge in [-0.2, -0.15) is 10.1 Å². The van der Waals surface area contributed by atoms with Gasteiger partial charge in [0.05, 0.1) is 18.6 Å². The molecule has 11 heteroatoms. The fraction of sp³-hybridized carbons (Fsp3) is 0.308. The molecule has 0 unspecified atom stereocenters. The standard InChI is InChI=1S/C26H25F3N4O4/c1-5-35-24(34)25(3,4)19-8-6-7-17(14-19)15-33-16(2)13-21(31-33)23-30-22(32-37-23)18-9-11-20(12-10-18)36-26(27,28)29/h6-14H,5,15H2,1-4H3. The molecular weight excluding hydrogens is 489 g/mol. The zero-order chi connectivity index (χ0) is 26.8. The van der Waals surface area contributed by atoms with Crippen LogP contribution in [-0.2, 0) is 21.5 Å². The summed E-state index contributed by atoms with van der Waals surface area (Å²) in [5, 5.41) is 8.49. The van der Waals surface area contributed by atoms with Crippen molar-refractivity contribution in [3.63, 3.8) is 0 Å². The van der Waals surface area contributed by atoms with E-state index in [0.29, 0.717) is 24.4 Å². The topological polar surface area (TPSA) is 92.3 Å². The molecule has 0 spiro atoms. The molecule has 2 aromatic heterocycles. The van der Waals surface area contributed by atoms with Crippen LogP contribution in [0.3, 0.4) is 0 Å². The van der Waals surface area contributed by atoms with Crippen LogP contribution in [0.1, 0.15) is 37.6 Å². The molecule has 194 valence electrons. The van der Waals surface area contributed by atoms with Crippen molar-refractivity contribution in [2.45, 2.75) is 46.0 Å². The largest absolute Gasteiger partial charge is 0.573 e. The Morgan fingerprint density at radius 1 is 1.08 bits per heavy atom. The van der Waals surface area contributed by atoms with Gasteiger partial charge in [0.25, 0.3) is 5.89 Å². The van der Waals surface area contributed by atoms with Crippen molar-refractivity contribution in [1.82, 2.24) is 19.9 Å². The SMILES string of the molecule is CCOC(=O)C(C)(C)c1cccc(Cn2nc(-c3nc(-c4ccc(OC(F)(F)F)cc4)no3)cc2C)c1. The van der Waals surface area contributed by atoms with Gasteiger partial charge >= 0.3 is 12.3 Å². The van der Waals surface area contributed by atoms with Crippen LogP contribution < -0.4 is 4.74 Å². The summed E-state index contributed by atoms with van der Waals surface area (Å²) in [6, 6.07) is 14.6. The van der Waals surface area contributed by atoms with Crippen molar-refractivity contribution in [1.29, 1.82) is 0 Å². The normalized spacial score (nSPS) is 12.0. The van der Waals surface area contributed by atoms with E-state index < -0.39 is 11.8 Å². The molecule has 0 atom stereocenters. The van der Waals surface area contributed by atoms with Gasteiger partial charge in [0, 0.05) is 11.3 Å². The Labute approximate surface area is 211 Å². The van der Waals surface area contributed by atoms with Crippen LogP contribution in [0, 0.1) is 6.92 Å². The van der Waals surface area contributed by atoms with Crippen LogP contribution in [0.15, 0.2) is 59.1 Å². The predicted octanol–water partition coefficient (Wildman–Crippen LogP) is 5.70. The van der Waals surface area contributed by atoms with Crippen molar-refractivity contribution in [2.75, 3.05) is 6.61 Å². The summed E-state index contributed by atoms with van der Waals surface area (Å²) < 4.78 is 53.3. The molecule has 0 radical (unpaired) electrons. The van der Waals surface area contributed by atoms with Gasteiger partial charge in [0.1, 0.15) is 5.75 Å². The van der Waals surface area contributed by atoms with E-state index in [1.807, 2.05) is 45.0 Å². The third-order valence-corrected chi connectivity index (χ3v) is 5.74. The van der Waals surface area contributed by atoms with E-state index in [1.54, 1.807) is 17.7 Å². The zero-order valence-corrected chi connectivity index (χ0v) is 20.7. The number of carbonyl (C=O) groups is 1. The number of benzene rings is 2. The first-order valence-corrected chi connectivity index (χ1v) is 11.5. The second-order valence-electron chi connectivity index (χ2n) is 8.87. The number of aryl methyl sites for hydroxylation is 1. The zero-order valence-electron chi connectivity index (χ0n) is 20.7. The number of hydrogen-bond donors (Lipinski definition) is 0. The molecule has 0 saturated carbocycles. The van der Waals surface area contributed by atoms with Crippen LogP contribution in [-0.4, -0.2) is 38.9 Å². The molecule has 0 aliphatic carbocycles. The Bertz CT molecular complexity index is 1390. The Hall–Kier alpha value is -4.15. The number of esters is 1. The Balaban J connectivity index is 1.51. The van der Waals surface area contributed by atoms with Gasteiger partial charge in [-0.25, -0.2) is 0 Å². The number of alkyl halides is 3. The summed E-state index contributed by atoms with van der Waals surface area (Å²) in [6.45, 7) is 8.07. The third-order valence-electron chi connectivity index (χ3n) is 5.74. The first kappa shape index (κ1) is 25.9. The van der Waals surface area contributed by atoms with E-state index in [1.165, 1.54) is 24.3 Å². The lowest BCUT2D eigenvalue weighted by molar-refractivity contribution is -0.274. The molecule has 0 bridgehead atoms. The van der Waals surface area contributed by atoms with Crippen molar-refractivity contribution in [3.05, 3.63) is 71.4 Å². The van der Waals surface area contributed by atoms with E-state index in [9.17, 15) is 18.0 Å². The highest BCUT2D eigenvalue weighted by Gasteiger charge is 2.32. The summed E-state index contributed by atoms with van der Waals surface area (Å²) in [5.41, 5.74) is 2.74. The average Bonchev–Trinajstić information content (AvgIpc) is 3.46. The quantitative estimate of drug-likeness (QED) is 0.279. The minimum Gasteiger partial charge on any atom is -0.465 e. The molecule has 4 aromatic rings. The van der Waals surface area contributed by atoms with Gasteiger partial charge in [0.2, 0.25) is 5.82 Å². The lowest BCUT2D eigenvalue weighted by Crippen LogP contribution is -2.31. The van der Waals surface area contributed by atoms with Crippen LogP contribution >= 0.6 is 0 Å². The predicted molar refractivity (Wildman–Crippen MR) is 128 cm³/mol. The summed E-state index contributed by atoms with van der Waals surface area (Å²) in [7, 11) is 0. The molecule has 8 nitrogen and oxygen atoms in total. The van der Waals surface area contributed by atoms with E-state index in [-0.39, 0.29) is 23.4 Å². The molecule has 4 rings (SSSR count). The smallest absolute Gasteiger partial charge is 0.465 e. The van der Waals surface area contributed by atoms with Gasteiger partial charge in [-0.05, 0) is 69.2 Å². The summed E-state index contributed by atoms with van der Waals surface area (Å²) >= 11 is 0. The number of aromatic nitrogens is 4. The van der Waals surface area contributed by atoms with Gasteiger partial charge in [-0.15, -0.1) is 13.2 Å². The first-order chi connectivity index (χ1) is 17.5. The maximum Gasteiger partial charge on any atom is 0.573 e. The monoisotopic (exact) mass is 514 g/mol. The Kier molecular flexibility index (Phi) is 7.06. The van der Waals surface area contributed by atoms with Crippen LogP contribution in [0.2, 0.25) is 0 Å². The highest BCUT2D eigenvalue weighted by atomic mass is 19.4. The lowest BCUT2D eigenvalue weighted by atomic mass is 9.84. The molecule has 2 heterocycles. The second kappa shape index (κ2) is 10.1. The molecule has 0 N–H and O–H groups in total. The van der Waals surface area contributed by atoms with Gasteiger partial charge in [-0.3, -0.25) is 9.48 Å². The van der Waals surface area contributed by atoms with Crippen LogP contribution in [0.4, 0.5) is 13.2 Å². The Morgan fingerprint density at radius 3 is 2.49 bits per heavy atom. The number of rotatable bonds is 8. The summed E-state index contributed by atoms with van der Waals surface area (Å²) in [5.74, 6) is -0.261. The second-order valence-corrected chi connectivity index (χ2v) is 8.87. The highest BCUT2D eigenvalue weighted by molar-refractivity contribution is 5.82. The van der Waals surface area contributed by atoms with Crippen LogP contribution in [0.5, 0.6) is 5.75 Å². The highest BCUT2D eigenvalue weighted by Crippen LogP contribution is 2.28. The molecule has 37 heavy (non-hydrogen) atoms. The van der Waals surface area contributed by atoms with Crippen molar-refractivity contribution in [2.24, 2.45) is 0 Å². The number of ether oxygens (including phenoxy) is 2.